The van der Waals surface area contributed by atoms with Gasteiger partial charge in [0.25, 0.3) is 0 Å². The fraction of sp³-hybridized carbons (Fsp3) is 1.00. The summed E-state index contributed by atoms with van der Waals surface area (Å²) in [4.78, 5) is 0. The van der Waals surface area contributed by atoms with Crippen LogP contribution < -0.4 is 0 Å². The Morgan fingerprint density at radius 1 is 0.542 bits per heavy atom. The van der Waals surface area contributed by atoms with E-state index in [0.29, 0.717) is 10.8 Å². The number of rotatable bonds is 8. The minimum absolute atomic E-state index is 0.502. The molecule has 0 aromatic rings. The molecule has 0 heteroatoms. The van der Waals surface area contributed by atoms with E-state index in [0.717, 1.165) is 35.5 Å². The maximum atomic E-state index is 2.43. The van der Waals surface area contributed by atoms with E-state index < -0.39 is 0 Å². The maximum absolute atomic E-state index is 2.43. The highest BCUT2D eigenvalue weighted by Gasteiger charge is 2.32. The minimum Gasteiger partial charge on any atom is -0.0628 e. The summed E-state index contributed by atoms with van der Waals surface area (Å²) in [7, 11) is 0. The second kappa shape index (κ2) is 10.9. The monoisotopic (exact) mass is 340 g/mol. The van der Waals surface area contributed by atoms with E-state index in [1.807, 2.05) is 0 Å². The van der Waals surface area contributed by atoms with E-state index in [9.17, 15) is 0 Å². The molecule has 0 saturated carbocycles. The minimum atomic E-state index is 0.502. The lowest BCUT2D eigenvalue weighted by molar-refractivity contribution is 0.104. The first kappa shape index (κ1) is 26.2. The van der Waals surface area contributed by atoms with Crippen LogP contribution in [0.2, 0.25) is 0 Å². The molecule has 0 saturated heterocycles. The van der Waals surface area contributed by atoms with Crippen LogP contribution in [0.5, 0.6) is 0 Å². The largest absolute Gasteiger partial charge is 0.0628 e. The second-order valence-corrected chi connectivity index (χ2v) is 11.0. The highest BCUT2D eigenvalue weighted by molar-refractivity contribution is 4.81. The lowest BCUT2D eigenvalue weighted by Crippen LogP contribution is -2.31. The summed E-state index contributed by atoms with van der Waals surface area (Å²) in [5.74, 6) is 4.85. The van der Waals surface area contributed by atoms with Crippen LogP contribution in [0.25, 0.3) is 0 Å². The van der Waals surface area contributed by atoms with E-state index in [4.69, 9.17) is 0 Å². The first-order chi connectivity index (χ1) is 10.6. The summed E-state index contributed by atoms with van der Waals surface area (Å²) in [6.45, 7) is 32.9. The molecule has 0 radical (unpaired) electrons. The normalized spacial score (nSPS) is 14.6. The Morgan fingerprint density at radius 3 is 1.04 bits per heavy atom. The van der Waals surface area contributed by atoms with Crippen LogP contribution in [-0.2, 0) is 0 Å². The Morgan fingerprint density at radius 2 is 0.875 bits per heavy atom. The van der Waals surface area contributed by atoms with E-state index in [2.05, 4.69) is 96.9 Å². The average Bonchev–Trinajstić information content (AvgIpc) is 2.35. The summed E-state index contributed by atoms with van der Waals surface area (Å²) < 4.78 is 0. The van der Waals surface area contributed by atoms with Crippen LogP contribution >= 0.6 is 0 Å². The van der Waals surface area contributed by atoms with Gasteiger partial charge in [0.15, 0.2) is 0 Å². The van der Waals surface area contributed by atoms with Crippen molar-refractivity contribution >= 4 is 0 Å². The molecule has 0 aromatic heterocycles. The van der Waals surface area contributed by atoms with E-state index in [1.165, 1.54) is 12.8 Å². The summed E-state index contributed by atoms with van der Waals surface area (Å²) in [5.41, 5.74) is 1.02. The Labute approximate surface area is 156 Å². The first-order valence-corrected chi connectivity index (χ1v) is 10.6. The van der Waals surface area contributed by atoms with Crippen LogP contribution in [0.3, 0.4) is 0 Å². The van der Waals surface area contributed by atoms with Crippen molar-refractivity contribution in [2.24, 2.45) is 46.3 Å². The molecule has 0 bridgehead atoms. The van der Waals surface area contributed by atoms with Gasteiger partial charge in [0.05, 0.1) is 0 Å². The van der Waals surface area contributed by atoms with E-state index in [-0.39, 0.29) is 0 Å². The highest BCUT2D eigenvalue weighted by atomic mass is 14.4. The lowest BCUT2D eigenvalue weighted by Gasteiger charge is -2.39. The van der Waals surface area contributed by atoms with Gasteiger partial charge in [-0.05, 0) is 59.2 Å². The molecule has 0 fully saturated rings. The SMILES string of the molecule is CC(C)CC(C)(C(C)C)C(C)C.CC(C)CC(C)(C)C(C)C(C)C. The molecule has 0 aliphatic heterocycles. The van der Waals surface area contributed by atoms with E-state index >= 15 is 0 Å². The van der Waals surface area contributed by atoms with Crippen LogP contribution in [0.15, 0.2) is 0 Å². The molecule has 24 heavy (non-hydrogen) atoms. The third kappa shape index (κ3) is 9.47. The third-order valence-electron chi connectivity index (χ3n) is 6.65. The van der Waals surface area contributed by atoms with Gasteiger partial charge in [0.1, 0.15) is 0 Å². The molecule has 0 rings (SSSR count). The van der Waals surface area contributed by atoms with Crippen molar-refractivity contribution in [1.82, 2.24) is 0 Å². The van der Waals surface area contributed by atoms with Crippen molar-refractivity contribution in [2.45, 2.75) is 110 Å². The zero-order chi connectivity index (χ0) is 19.9. The van der Waals surface area contributed by atoms with Crippen molar-refractivity contribution in [3.05, 3.63) is 0 Å². The highest BCUT2D eigenvalue weighted by Crippen LogP contribution is 2.41. The predicted molar refractivity (Wildman–Crippen MR) is 114 cm³/mol. The maximum Gasteiger partial charge on any atom is -0.0277 e. The van der Waals surface area contributed by atoms with Crippen molar-refractivity contribution < 1.29 is 0 Å². The molecule has 0 spiro atoms. The zero-order valence-corrected chi connectivity index (χ0v) is 19.9. The molecule has 0 aliphatic carbocycles. The van der Waals surface area contributed by atoms with Crippen LogP contribution in [0.4, 0.5) is 0 Å². The summed E-state index contributed by atoms with van der Waals surface area (Å²) in [6.07, 6.45) is 2.69. The van der Waals surface area contributed by atoms with Gasteiger partial charge >= 0.3 is 0 Å². The second-order valence-electron chi connectivity index (χ2n) is 11.0. The molecule has 0 amide bonds. The predicted octanol–water partition coefficient (Wildman–Crippen LogP) is 8.70. The summed E-state index contributed by atoms with van der Waals surface area (Å²) in [6, 6.07) is 0. The smallest absolute Gasteiger partial charge is 0.0277 e. The van der Waals surface area contributed by atoms with Gasteiger partial charge in [0, 0.05) is 0 Å². The number of hydrogen-bond acceptors (Lipinski definition) is 0. The molecule has 1 atom stereocenters. The molecule has 0 aliphatic rings. The molecule has 0 nitrogen and oxygen atoms in total. The third-order valence-corrected chi connectivity index (χ3v) is 6.65. The van der Waals surface area contributed by atoms with Gasteiger partial charge in [-0.1, -0.05) is 96.9 Å². The van der Waals surface area contributed by atoms with Gasteiger partial charge in [0.2, 0.25) is 0 Å². The summed E-state index contributed by atoms with van der Waals surface area (Å²) in [5, 5.41) is 0. The molecule has 0 heterocycles. The Kier molecular flexibility index (Phi) is 11.9. The average molecular weight is 341 g/mol. The molecule has 1 unspecified atom stereocenters. The fourth-order valence-corrected chi connectivity index (χ4v) is 4.16. The van der Waals surface area contributed by atoms with E-state index in [1.54, 1.807) is 0 Å². The Hall–Kier alpha value is 0. The quantitative estimate of drug-likeness (QED) is 0.414. The molecular formula is C24H52. The molecule has 0 aromatic carbocycles. The van der Waals surface area contributed by atoms with Gasteiger partial charge < -0.3 is 0 Å². The topological polar surface area (TPSA) is 0 Å². The zero-order valence-electron chi connectivity index (χ0n) is 19.9. The first-order valence-electron chi connectivity index (χ1n) is 10.6. The van der Waals surface area contributed by atoms with Gasteiger partial charge in [-0.25, -0.2) is 0 Å². The van der Waals surface area contributed by atoms with Crippen molar-refractivity contribution in [2.75, 3.05) is 0 Å². The number of hydrogen-bond donors (Lipinski definition) is 0. The Bertz CT molecular complexity index is 296. The van der Waals surface area contributed by atoms with Gasteiger partial charge in [-0.3, -0.25) is 0 Å². The van der Waals surface area contributed by atoms with Gasteiger partial charge in [-0.15, -0.1) is 0 Å². The molecule has 0 N–H and O–H groups in total. The fourth-order valence-electron chi connectivity index (χ4n) is 4.16. The molecular weight excluding hydrogens is 288 g/mol. The molecule has 148 valence electrons. The standard InChI is InChI=1S/2C12H26/c1-9(2)8-12(6,7)11(5)10(3)4;1-9(2)8-12(7,10(3)4)11(5)6/h2*9-11H,8H2,1-7H3. The van der Waals surface area contributed by atoms with Crippen LogP contribution in [0.1, 0.15) is 110 Å². The van der Waals surface area contributed by atoms with Crippen molar-refractivity contribution in [3.8, 4) is 0 Å². The van der Waals surface area contributed by atoms with Gasteiger partial charge in [-0.2, -0.15) is 0 Å². The van der Waals surface area contributed by atoms with Crippen LogP contribution in [0, 0.1) is 46.3 Å². The Balaban J connectivity index is 0. The van der Waals surface area contributed by atoms with Crippen molar-refractivity contribution in [3.63, 3.8) is 0 Å². The van der Waals surface area contributed by atoms with Crippen LogP contribution in [-0.4, -0.2) is 0 Å². The lowest BCUT2D eigenvalue weighted by atomic mass is 9.66. The van der Waals surface area contributed by atoms with Crippen molar-refractivity contribution in [1.29, 1.82) is 0 Å². The summed E-state index contributed by atoms with van der Waals surface area (Å²) >= 11 is 0.